The van der Waals surface area contributed by atoms with Gasteiger partial charge < -0.3 is 37.9 Å². The van der Waals surface area contributed by atoms with E-state index in [-0.39, 0.29) is 13.6 Å². The highest BCUT2D eigenvalue weighted by molar-refractivity contribution is 5.92. The summed E-state index contributed by atoms with van der Waals surface area (Å²) in [5, 5.41) is 0. The van der Waals surface area contributed by atoms with Crippen LogP contribution in [0.15, 0.2) is 84.9 Å². The van der Waals surface area contributed by atoms with E-state index < -0.39 is 17.4 Å². The van der Waals surface area contributed by atoms with Crippen LogP contribution in [0, 0.1) is 11.8 Å². The van der Waals surface area contributed by atoms with Crippen molar-refractivity contribution in [2.24, 2.45) is 11.8 Å². The summed E-state index contributed by atoms with van der Waals surface area (Å²) in [7, 11) is 0. The molecule has 2 saturated heterocycles. The maximum atomic E-state index is 13.1. The van der Waals surface area contributed by atoms with Gasteiger partial charge in [-0.2, -0.15) is 0 Å². The van der Waals surface area contributed by atoms with Crippen LogP contribution in [0.25, 0.3) is 11.1 Å². The van der Waals surface area contributed by atoms with Gasteiger partial charge in [-0.25, -0.2) is 9.59 Å². The van der Waals surface area contributed by atoms with Crippen LogP contribution < -0.4 is 18.9 Å². The molecule has 0 aromatic heterocycles. The zero-order valence-electron chi connectivity index (χ0n) is 31.2. The number of hydrogen-bond acceptors (Lipinski definition) is 10. The molecule has 4 fully saturated rings. The van der Waals surface area contributed by atoms with Crippen LogP contribution in [-0.4, -0.2) is 63.2 Å². The monoisotopic (exact) mass is 746 g/mol. The smallest absolute Gasteiger partial charge is 0.343 e. The summed E-state index contributed by atoms with van der Waals surface area (Å²) in [5.41, 5.74) is 4.50. The molecule has 2 heterocycles. The van der Waals surface area contributed by atoms with Crippen LogP contribution >= 0.6 is 0 Å². The number of benzene rings is 4. The first-order valence-electron chi connectivity index (χ1n) is 19.4. The number of rotatable bonds is 14. The third kappa shape index (κ3) is 8.00. The molecule has 6 unspecified atom stereocenters. The molecule has 10 heteroatoms. The molecule has 6 atom stereocenters. The summed E-state index contributed by atoms with van der Waals surface area (Å²) in [4.78, 5) is 26.2. The predicted molar refractivity (Wildman–Crippen MR) is 202 cm³/mol. The third-order valence-corrected chi connectivity index (χ3v) is 11.8. The van der Waals surface area contributed by atoms with Crippen molar-refractivity contribution in [1.82, 2.24) is 0 Å². The maximum absolute atomic E-state index is 13.1. The average molecular weight is 747 g/mol. The fourth-order valence-corrected chi connectivity index (χ4v) is 8.45. The minimum atomic E-state index is -0.460. The minimum Gasteiger partial charge on any atom is -0.468 e. The molecule has 0 N–H and O–H groups in total. The molecule has 55 heavy (non-hydrogen) atoms. The summed E-state index contributed by atoms with van der Waals surface area (Å²) in [6.07, 6.45) is 8.48. The highest BCUT2D eigenvalue weighted by Gasteiger charge is 2.44. The van der Waals surface area contributed by atoms with E-state index in [0.29, 0.717) is 83.6 Å². The summed E-state index contributed by atoms with van der Waals surface area (Å²) in [6.45, 7) is 5.86. The van der Waals surface area contributed by atoms with Gasteiger partial charge in [-0.15, -0.1) is 0 Å². The number of epoxide rings is 2. The fourth-order valence-electron chi connectivity index (χ4n) is 8.45. The number of esters is 2. The van der Waals surface area contributed by atoms with E-state index in [1.54, 1.807) is 60.7 Å². The molecule has 0 radical (unpaired) electrons. The zero-order chi connectivity index (χ0) is 37.5. The second-order valence-electron chi connectivity index (χ2n) is 15.9. The van der Waals surface area contributed by atoms with Gasteiger partial charge in [-0.1, -0.05) is 26.0 Å². The van der Waals surface area contributed by atoms with Crippen molar-refractivity contribution >= 4 is 11.9 Å². The van der Waals surface area contributed by atoms with Crippen LogP contribution in [0.2, 0.25) is 0 Å². The van der Waals surface area contributed by atoms with E-state index in [4.69, 9.17) is 37.9 Å². The van der Waals surface area contributed by atoms with Crippen molar-refractivity contribution in [3.05, 3.63) is 107 Å². The molecule has 5 aliphatic rings. The summed E-state index contributed by atoms with van der Waals surface area (Å²) in [6, 6.07) is 25.1. The van der Waals surface area contributed by atoms with Crippen LogP contribution in [0.4, 0.5) is 0 Å². The molecule has 3 aliphatic carbocycles. The van der Waals surface area contributed by atoms with Crippen molar-refractivity contribution in [2.75, 3.05) is 26.8 Å². The van der Waals surface area contributed by atoms with Crippen molar-refractivity contribution < 1.29 is 47.5 Å². The summed E-state index contributed by atoms with van der Waals surface area (Å²) >= 11 is 0. The lowest BCUT2D eigenvalue weighted by Gasteiger charge is -2.22. The average Bonchev–Trinajstić information content (AvgIpc) is 4.13. The lowest BCUT2D eigenvalue weighted by atomic mass is 9.82. The fraction of sp³-hybridized carbons (Fsp3) is 0.422. The maximum Gasteiger partial charge on any atom is 0.343 e. The van der Waals surface area contributed by atoms with Crippen LogP contribution in [-0.2, 0) is 24.4 Å². The topological polar surface area (TPSA) is 115 Å². The minimum absolute atomic E-state index is 0.158. The van der Waals surface area contributed by atoms with E-state index in [1.807, 2.05) is 24.3 Å². The van der Waals surface area contributed by atoms with Crippen LogP contribution in [0.5, 0.6) is 23.0 Å². The van der Waals surface area contributed by atoms with E-state index in [9.17, 15) is 9.59 Å². The number of carbonyl (C=O) groups is 2. The van der Waals surface area contributed by atoms with Gasteiger partial charge in [0.1, 0.15) is 23.0 Å². The standard InChI is InChI=1S/C45H46O10/c1-45(2)37-21-33(52-43(46)29-5-9-31(10-6-29)50-25-48-23-27-3-17-39-41(19-27)54-39)13-15-35(37)36-16-14-34(22-38(36)45)53-44(47)30-7-11-32(12-8-30)51-26-49-24-28-4-18-40-42(20-28)55-40/h5-16,21-22,27-28,39-42H,3-4,17-20,23-26H2,1-2H3. The molecule has 4 aromatic rings. The van der Waals surface area contributed by atoms with Gasteiger partial charge in [0.05, 0.1) is 48.8 Å². The molecule has 0 spiro atoms. The Labute approximate surface area is 320 Å². The molecule has 9 rings (SSSR count). The molecule has 286 valence electrons. The second kappa shape index (κ2) is 15.1. The summed E-state index contributed by atoms with van der Waals surface area (Å²) < 4.78 is 45.8. The van der Waals surface area contributed by atoms with E-state index >= 15 is 0 Å². The first-order valence-corrected chi connectivity index (χ1v) is 19.4. The van der Waals surface area contributed by atoms with E-state index in [2.05, 4.69) is 13.8 Å². The van der Waals surface area contributed by atoms with Crippen molar-refractivity contribution in [2.45, 2.75) is 82.2 Å². The highest BCUT2D eigenvalue weighted by Crippen LogP contribution is 2.50. The van der Waals surface area contributed by atoms with E-state index in [0.717, 1.165) is 60.8 Å². The van der Waals surface area contributed by atoms with Gasteiger partial charge in [0.2, 0.25) is 0 Å². The SMILES string of the molecule is CC1(C)c2cc(OC(=O)c3ccc(OCOCC4CCC5OC5C4)cc3)ccc2-c2ccc(OC(=O)c3ccc(OCOCC4CCC5OC5C4)cc3)cc21. The number of ether oxygens (including phenoxy) is 8. The van der Waals surface area contributed by atoms with Gasteiger partial charge in [-0.05, 0) is 145 Å². The Balaban J connectivity index is 0.759. The molecule has 2 saturated carbocycles. The second-order valence-corrected chi connectivity index (χ2v) is 15.9. The molecule has 0 bridgehead atoms. The number of hydrogen-bond donors (Lipinski definition) is 0. The Morgan fingerprint density at radius 1 is 0.564 bits per heavy atom. The quantitative estimate of drug-likeness (QED) is 0.0411. The Morgan fingerprint density at radius 2 is 0.982 bits per heavy atom. The molecule has 2 aliphatic heterocycles. The number of fused-ring (bicyclic) bond motifs is 5. The van der Waals surface area contributed by atoms with Crippen molar-refractivity contribution in [1.29, 1.82) is 0 Å². The van der Waals surface area contributed by atoms with E-state index in [1.165, 1.54) is 0 Å². The zero-order valence-corrected chi connectivity index (χ0v) is 31.2. The third-order valence-electron chi connectivity index (χ3n) is 11.8. The Morgan fingerprint density at radius 3 is 1.40 bits per heavy atom. The molecule has 0 amide bonds. The first-order chi connectivity index (χ1) is 26.8. The van der Waals surface area contributed by atoms with Crippen LogP contribution in [0.3, 0.4) is 0 Å². The molecular weight excluding hydrogens is 700 g/mol. The van der Waals surface area contributed by atoms with Gasteiger partial charge in [0.25, 0.3) is 0 Å². The Kier molecular flexibility index (Phi) is 9.84. The van der Waals surface area contributed by atoms with Crippen molar-refractivity contribution in [3.8, 4) is 34.1 Å². The predicted octanol–water partition coefficient (Wildman–Crippen LogP) is 8.27. The lowest BCUT2D eigenvalue weighted by Crippen LogP contribution is -2.19. The van der Waals surface area contributed by atoms with Gasteiger partial charge in [-0.3, -0.25) is 0 Å². The molecular formula is C45H46O10. The van der Waals surface area contributed by atoms with Crippen LogP contribution in [0.1, 0.15) is 84.2 Å². The molecule has 4 aromatic carbocycles. The Hall–Kier alpha value is -4.74. The van der Waals surface area contributed by atoms with Gasteiger partial charge in [0.15, 0.2) is 13.6 Å². The van der Waals surface area contributed by atoms with Crippen molar-refractivity contribution in [3.63, 3.8) is 0 Å². The highest BCUT2D eigenvalue weighted by atomic mass is 16.7. The molecule has 10 nitrogen and oxygen atoms in total. The number of carbonyl (C=O) groups excluding carboxylic acids is 2. The Bertz CT molecular complexity index is 1890. The lowest BCUT2D eigenvalue weighted by molar-refractivity contribution is -0.00696. The normalized spacial score (nSPS) is 25.1. The largest absolute Gasteiger partial charge is 0.468 e. The summed E-state index contributed by atoms with van der Waals surface area (Å²) in [5.74, 6) is 2.26. The first kappa shape index (κ1) is 35.9. The van der Waals surface area contributed by atoms with Gasteiger partial charge in [0, 0.05) is 5.41 Å². The van der Waals surface area contributed by atoms with Gasteiger partial charge >= 0.3 is 11.9 Å².